The predicted molar refractivity (Wildman–Crippen MR) is 77.6 cm³/mol. The monoisotopic (exact) mass is 259 g/mol. The molecule has 0 aromatic carbocycles. The first-order chi connectivity index (χ1) is 7.20. The first-order valence-electron chi connectivity index (χ1n) is 5.36. The Bertz CT molecular complexity index is 296. The van der Waals surface area contributed by atoms with E-state index in [9.17, 15) is 0 Å². The third-order valence-corrected chi connectivity index (χ3v) is 4.65. The zero-order chi connectivity index (χ0) is 11.4. The molecule has 0 aromatic heterocycles. The number of hydrogen-bond donors (Lipinski definition) is 0. The van der Waals surface area contributed by atoms with Crippen LogP contribution in [-0.2, 0) is 0 Å². The Kier molecular flexibility index (Phi) is 5.23. The predicted octanol–water partition coefficient (Wildman–Crippen LogP) is 3.64. The Labute approximate surface area is 107 Å². The number of hydrogen-bond acceptors (Lipinski definition) is 3. The molecule has 15 heavy (non-hydrogen) atoms. The number of thiocarbonyl (C=S) groups is 2. The Morgan fingerprint density at radius 2 is 2.07 bits per heavy atom. The van der Waals surface area contributed by atoms with Gasteiger partial charge in [0.15, 0.2) is 0 Å². The molecule has 0 radical (unpaired) electrons. The van der Waals surface area contributed by atoms with Crippen LogP contribution in [0.1, 0.15) is 26.7 Å². The van der Waals surface area contributed by atoms with Crippen molar-refractivity contribution in [2.75, 3.05) is 12.8 Å². The second-order valence-corrected chi connectivity index (χ2v) is 5.33. The van der Waals surface area contributed by atoms with Gasteiger partial charge < -0.3 is 4.90 Å². The molecule has 0 bridgehead atoms. The van der Waals surface area contributed by atoms with Gasteiger partial charge in [-0.05, 0) is 29.6 Å². The molecule has 1 unspecified atom stereocenters. The van der Waals surface area contributed by atoms with Gasteiger partial charge >= 0.3 is 0 Å². The van der Waals surface area contributed by atoms with Crippen molar-refractivity contribution in [1.82, 2.24) is 4.90 Å². The average molecular weight is 259 g/mol. The van der Waals surface area contributed by atoms with Crippen molar-refractivity contribution in [2.45, 2.75) is 26.7 Å². The largest absolute Gasteiger partial charge is 0.330 e. The summed E-state index contributed by atoms with van der Waals surface area (Å²) in [5, 5.41) is 0. The molecule has 2 aliphatic heterocycles. The molecule has 0 spiro atoms. The van der Waals surface area contributed by atoms with Crippen LogP contribution in [0.3, 0.4) is 0 Å². The molecule has 1 saturated heterocycles. The second kappa shape index (κ2) is 5.97. The molecular weight excluding hydrogens is 242 g/mol. The third-order valence-electron chi connectivity index (χ3n) is 2.47. The van der Waals surface area contributed by atoms with E-state index in [-0.39, 0.29) is 0 Å². The van der Waals surface area contributed by atoms with E-state index in [1.165, 1.54) is 23.5 Å². The molecule has 2 rings (SSSR count). The van der Waals surface area contributed by atoms with Crippen molar-refractivity contribution in [3.05, 3.63) is 11.0 Å². The highest BCUT2D eigenvalue weighted by Gasteiger charge is 2.30. The lowest BCUT2D eigenvalue weighted by molar-refractivity contribution is 0.631. The summed E-state index contributed by atoms with van der Waals surface area (Å²) in [6.07, 6.45) is 4.58. The molecule has 2 aliphatic rings. The van der Waals surface area contributed by atoms with Crippen molar-refractivity contribution >= 4 is 46.2 Å². The fraction of sp³-hybridized carbons (Fsp3) is 0.636. The summed E-state index contributed by atoms with van der Waals surface area (Å²) in [5.41, 5.74) is 0. The fourth-order valence-electron chi connectivity index (χ4n) is 1.67. The van der Waals surface area contributed by atoms with E-state index in [4.69, 9.17) is 24.4 Å². The maximum atomic E-state index is 5.39. The highest BCUT2D eigenvalue weighted by atomic mass is 32.2. The van der Waals surface area contributed by atoms with Gasteiger partial charge in [0.2, 0.25) is 0 Å². The number of rotatable bonds is 0. The first kappa shape index (κ1) is 13.1. The van der Waals surface area contributed by atoms with Crippen molar-refractivity contribution in [3.8, 4) is 0 Å². The number of fused-ring (bicyclic) bond motifs is 1. The molecule has 2 heterocycles. The van der Waals surface area contributed by atoms with Crippen LogP contribution >= 0.6 is 36.2 Å². The molecule has 0 aliphatic carbocycles. The summed E-state index contributed by atoms with van der Waals surface area (Å²) < 4.78 is 0. The van der Waals surface area contributed by atoms with E-state index in [1.807, 2.05) is 37.6 Å². The summed E-state index contributed by atoms with van der Waals surface area (Å²) in [4.78, 5) is 5.23. The van der Waals surface area contributed by atoms with Crippen LogP contribution in [0.5, 0.6) is 0 Å². The summed E-state index contributed by atoms with van der Waals surface area (Å²) in [6, 6.07) is 0. The molecule has 1 nitrogen and oxygen atoms in total. The van der Waals surface area contributed by atoms with Gasteiger partial charge in [-0.25, -0.2) is 0 Å². The summed E-state index contributed by atoms with van der Waals surface area (Å²) in [7, 11) is 1.97. The van der Waals surface area contributed by atoms with E-state index in [0.29, 0.717) is 5.92 Å². The first-order valence-corrected chi connectivity index (χ1v) is 7.16. The van der Waals surface area contributed by atoms with Crippen molar-refractivity contribution < 1.29 is 0 Å². The van der Waals surface area contributed by atoms with Gasteiger partial charge in [-0.2, -0.15) is 0 Å². The number of likely N-dealkylation sites (N-methyl/N-ethyl adjacent to an activating group) is 1. The molecule has 84 valence electrons. The lowest BCUT2D eigenvalue weighted by Gasteiger charge is -2.34. The zero-order valence-corrected chi connectivity index (χ0v) is 11.9. The van der Waals surface area contributed by atoms with E-state index >= 15 is 0 Å². The molecule has 4 heteroatoms. The molecular formula is C11H17NS3. The molecule has 1 fully saturated rings. The van der Waals surface area contributed by atoms with Crippen molar-refractivity contribution in [3.63, 3.8) is 0 Å². The lowest BCUT2D eigenvalue weighted by Crippen LogP contribution is -2.39. The van der Waals surface area contributed by atoms with Crippen LogP contribution in [0.4, 0.5) is 0 Å². The highest BCUT2D eigenvalue weighted by molar-refractivity contribution is 8.03. The maximum absolute atomic E-state index is 5.39. The standard InChI is InChI=1S/C9H11NS3.C2H6/c1-10-8(11)5-7-6(9(10)12)3-2-4-13-7;1-2/h5-6H,2-4H2,1H3;1-2H3. The molecule has 1 atom stereocenters. The van der Waals surface area contributed by atoms with E-state index < -0.39 is 0 Å². The summed E-state index contributed by atoms with van der Waals surface area (Å²) in [5.74, 6) is 1.70. The second-order valence-electron chi connectivity index (χ2n) is 3.33. The van der Waals surface area contributed by atoms with Crippen LogP contribution < -0.4 is 0 Å². The smallest absolute Gasteiger partial charge is 0.107 e. The minimum atomic E-state index is 0.477. The van der Waals surface area contributed by atoms with Gasteiger partial charge in [-0.1, -0.05) is 38.3 Å². The Hall–Kier alpha value is 0.0700. The van der Waals surface area contributed by atoms with Gasteiger partial charge in [0, 0.05) is 13.0 Å². The van der Waals surface area contributed by atoms with Crippen LogP contribution in [0.15, 0.2) is 11.0 Å². The molecule has 0 amide bonds. The maximum Gasteiger partial charge on any atom is 0.107 e. The molecule has 0 aromatic rings. The average Bonchev–Trinajstić information content (AvgIpc) is 2.29. The van der Waals surface area contributed by atoms with E-state index in [2.05, 4.69) is 6.08 Å². The Morgan fingerprint density at radius 3 is 2.73 bits per heavy atom. The summed E-state index contributed by atoms with van der Waals surface area (Å²) >= 11 is 12.5. The highest BCUT2D eigenvalue weighted by Crippen LogP contribution is 2.38. The van der Waals surface area contributed by atoms with Crippen LogP contribution in [0.2, 0.25) is 0 Å². The van der Waals surface area contributed by atoms with Crippen molar-refractivity contribution in [2.24, 2.45) is 5.92 Å². The molecule has 0 N–H and O–H groups in total. The molecule has 0 saturated carbocycles. The van der Waals surface area contributed by atoms with Gasteiger partial charge in [-0.3, -0.25) is 0 Å². The van der Waals surface area contributed by atoms with E-state index in [0.717, 1.165) is 9.98 Å². The zero-order valence-electron chi connectivity index (χ0n) is 9.45. The minimum Gasteiger partial charge on any atom is -0.330 e. The van der Waals surface area contributed by atoms with E-state index in [1.54, 1.807) is 0 Å². The quantitative estimate of drug-likeness (QED) is 0.611. The number of nitrogens with zero attached hydrogens (tertiary/aromatic N) is 1. The minimum absolute atomic E-state index is 0.477. The van der Waals surface area contributed by atoms with Gasteiger partial charge in [0.1, 0.15) is 4.99 Å². The Balaban J connectivity index is 0.000000531. The van der Waals surface area contributed by atoms with Crippen LogP contribution in [0, 0.1) is 5.92 Å². The fourth-order valence-corrected chi connectivity index (χ4v) is 3.62. The van der Waals surface area contributed by atoms with Gasteiger partial charge in [-0.15, -0.1) is 11.8 Å². The van der Waals surface area contributed by atoms with Gasteiger partial charge in [0.25, 0.3) is 0 Å². The topological polar surface area (TPSA) is 3.24 Å². The normalized spacial score (nSPS) is 25.1. The van der Waals surface area contributed by atoms with Crippen LogP contribution in [-0.4, -0.2) is 27.7 Å². The lowest BCUT2D eigenvalue weighted by atomic mass is 9.99. The van der Waals surface area contributed by atoms with Crippen LogP contribution in [0.25, 0.3) is 0 Å². The van der Waals surface area contributed by atoms with Gasteiger partial charge in [0.05, 0.1) is 4.99 Å². The number of thioether (sulfide) groups is 1. The summed E-state index contributed by atoms with van der Waals surface area (Å²) in [6.45, 7) is 4.00. The van der Waals surface area contributed by atoms with Crippen molar-refractivity contribution in [1.29, 1.82) is 0 Å². The third kappa shape index (κ3) is 2.80. The SMILES string of the molecule is CC.CN1C(=S)C=C2SCCCC2C1=S. The Morgan fingerprint density at radius 1 is 1.40 bits per heavy atom.